The van der Waals surface area contributed by atoms with Gasteiger partial charge in [0.05, 0.1) is 24.6 Å². The average Bonchev–Trinajstić information content (AvgIpc) is 2.75. The van der Waals surface area contributed by atoms with Crippen molar-refractivity contribution in [3.05, 3.63) is 35.5 Å². The third-order valence-electron chi connectivity index (χ3n) is 3.89. The van der Waals surface area contributed by atoms with Crippen LogP contribution in [-0.2, 0) is 16.1 Å². The smallest absolute Gasteiger partial charge is 0.304 e. The molecule has 0 saturated heterocycles. The third-order valence-corrected chi connectivity index (χ3v) is 3.89. The average molecular weight is 299 g/mol. The van der Waals surface area contributed by atoms with Gasteiger partial charge in [0.25, 0.3) is 0 Å². The summed E-state index contributed by atoms with van der Waals surface area (Å²) >= 11 is 0. The number of hydrogen-bond donors (Lipinski definition) is 2. The normalized spacial score (nSPS) is 17.0. The van der Waals surface area contributed by atoms with Gasteiger partial charge in [-0.2, -0.15) is 5.10 Å². The molecular weight excluding hydrogens is 282 g/mol. The molecule has 0 radical (unpaired) electrons. The molecule has 1 amide bonds. The Morgan fingerprint density at radius 1 is 1.36 bits per heavy atom. The SMILES string of the molecule is Cc1ccc(-c2c(C)nn3c2NC(=O)C(CC(=O)O)C3)cc1. The molecule has 6 heteroatoms. The number of carbonyl (C=O) groups is 2. The fourth-order valence-corrected chi connectivity index (χ4v) is 2.78. The largest absolute Gasteiger partial charge is 0.481 e. The van der Waals surface area contributed by atoms with Crippen LogP contribution in [0.2, 0.25) is 0 Å². The van der Waals surface area contributed by atoms with Gasteiger partial charge in [-0.15, -0.1) is 0 Å². The lowest BCUT2D eigenvalue weighted by molar-refractivity contribution is -0.140. The molecule has 3 rings (SSSR count). The van der Waals surface area contributed by atoms with Crippen LogP contribution in [0.3, 0.4) is 0 Å². The molecule has 6 nitrogen and oxygen atoms in total. The lowest BCUT2D eigenvalue weighted by Crippen LogP contribution is -2.35. The molecule has 1 aromatic heterocycles. The highest BCUT2D eigenvalue weighted by molar-refractivity contribution is 5.98. The Kier molecular flexibility index (Phi) is 3.44. The monoisotopic (exact) mass is 299 g/mol. The van der Waals surface area contributed by atoms with Crippen molar-refractivity contribution >= 4 is 17.7 Å². The number of rotatable bonds is 3. The van der Waals surface area contributed by atoms with E-state index in [4.69, 9.17) is 5.11 Å². The van der Waals surface area contributed by atoms with Crippen LogP contribution in [0.1, 0.15) is 17.7 Å². The first kappa shape index (κ1) is 14.3. The molecule has 2 aromatic rings. The molecule has 1 aromatic carbocycles. The quantitative estimate of drug-likeness (QED) is 0.910. The van der Waals surface area contributed by atoms with Crippen molar-refractivity contribution in [3.8, 4) is 11.1 Å². The summed E-state index contributed by atoms with van der Waals surface area (Å²) in [5.41, 5.74) is 3.85. The van der Waals surface area contributed by atoms with Gasteiger partial charge in [0, 0.05) is 5.56 Å². The Hall–Kier alpha value is -2.63. The van der Waals surface area contributed by atoms with Crippen LogP contribution in [0, 0.1) is 19.8 Å². The standard InChI is InChI=1S/C16H17N3O3/c1-9-3-5-11(6-4-9)14-10(2)18-19-8-12(7-13(20)21)16(22)17-15(14)19/h3-6,12H,7-8H2,1-2H3,(H,17,22)(H,20,21). The molecule has 114 valence electrons. The van der Waals surface area contributed by atoms with Gasteiger partial charge in [0.2, 0.25) is 5.91 Å². The minimum absolute atomic E-state index is 0.190. The van der Waals surface area contributed by atoms with Gasteiger partial charge in [-0.1, -0.05) is 29.8 Å². The second kappa shape index (κ2) is 5.29. The Morgan fingerprint density at radius 3 is 2.68 bits per heavy atom. The van der Waals surface area contributed by atoms with E-state index in [1.165, 1.54) is 0 Å². The molecule has 2 heterocycles. The van der Waals surface area contributed by atoms with Gasteiger partial charge in [0.1, 0.15) is 5.82 Å². The maximum Gasteiger partial charge on any atom is 0.304 e. The first-order chi connectivity index (χ1) is 10.5. The van der Waals surface area contributed by atoms with E-state index in [1.807, 2.05) is 38.1 Å². The fourth-order valence-electron chi connectivity index (χ4n) is 2.78. The van der Waals surface area contributed by atoms with Crippen LogP contribution < -0.4 is 5.32 Å². The summed E-state index contributed by atoms with van der Waals surface area (Å²) in [6, 6.07) is 8.01. The maximum absolute atomic E-state index is 12.1. The molecule has 0 bridgehead atoms. The Labute approximate surface area is 127 Å². The topological polar surface area (TPSA) is 84.2 Å². The van der Waals surface area contributed by atoms with Crippen molar-refractivity contribution in [2.75, 3.05) is 5.32 Å². The van der Waals surface area contributed by atoms with Crippen LogP contribution in [0.5, 0.6) is 0 Å². The number of carboxylic acid groups (broad SMARTS) is 1. The number of amides is 1. The van der Waals surface area contributed by atoms with Crippen molar-refractivity contribution in [1.82, 2.24) is 9.78 Å². The molecule has 0 aliphatic carbocycles. The highest BCUT2D eigenvalue weighted by atomic mass is 16.4. The number of aromatic nitrogens is 2. The number of nitrogens with one attached hydrogen (secondary N) is 1. The first-order valence-corrected chi connectivity index (χ1v) is 7.13. The highest BCUT2D eigenvalue weighted by Gasteiger charge is 2.31. The number of carbonyl (C=O) groups excluding carboxylic acids is 1. The van der Waals surface area contributed by atoms with E-state index in [2.05, 4.69) is 10.4 Å². The number of aryl methyl sites for hydroxylation is 2. The second-order valence-corrected chi connectivity index (χ2v) is 5.64. The summed E-state index contributed by atoms with van der Waals surface area (Å²) < 4.78 is 1.69. The minimum atomic E-state index is -0.980. The predicted molar refractivity (Wildman–Crippen MR) is 81.5 cm³/mol. The van der Waals surface area contributed by atoms with Crippen molar-refractivity contribution in [2.45, 2.75) is 26.8 Å². The van der Waals surface area contributed by atoms with Crippen molar-refractivity contribution < 1.29 is 14.7 Å². The van der Waals surface area contributed by atoms with Gasteiger partial charge in [-0.3, -0.25) is 9.59 Å². The van der Waals surface area contributed by atoms with Crippen LogP contribution in [0.4, 0.5) is 5.82 Å². The number of aliphatic carboxylic acids is 1. The molecule has 0 fully saturated rings. The molecule has 1 atom stereocenters. The molecule has 0 spiro atoms. The fraction of sp³-hybridized carbons (Fsp3) is 0.312. The number of anilines is 1. The van der Waals surface area contributed by atoms with Gasteiger partial charge in [-0.05, 0) is 19.4 Å². The van der Waals surface area contributed by atoms with Gasteiger partial charge in [0.15, 0.2) is 0 Å². The Balaban J connectivity index is 2.00. The van der Waals surface area contributed by atoms with Crippen molar-refractivity contribution in [1.29, 1.82) is 0 Å². The Bertz CT molecular complexity index is 747. The van der Waals surface area contributed by atoms with E-state index < -0.39 is 11.9 Å². The number of fused-ring (bicyclic) bond motifs is 1. The van der Waals surface area contributed by atoms with Crippen LogP contribution in [0.15, 0.2) is 24.3 Å². The van der Waals surface area contributed by atoms with E-state index in [9.17, 15) is 9.59 Å². The predicted octanol–water partition coefficient (Wildman–Crippen LogP) is 2.21. The first-order valence-electron chi connectivity index (χ1n) is 7.13. The lowest BCUT2D eigenvalue weighted by Gasteiger charge is -2.23. The molecule has 1 aliphatic heterocycles. The van der Waals surface area contributed by atoms with Crippen LogP contribution >= 0.6 is 0 Å². The molecule has 22 heavy (non-hydrogen) atoms. The summed E-state index contributed by atoms with van der Waals surface area (Å²) in [7, 11) is 0. The molecule has 1 aliphatic rings. The van der Waals surface area contributed by atoms with Crippen LogP contribution in [0.25, 0.3) is 11.1 Å². The summed E-state index contributed by atoms with van der Waals surface area (Å²) in [4.78, 5) is 23.0. The van der Waals surface area contributed by atoms with E-state index in [0.29, 0.717) is 12.4 Å². The number of carboxylic acids is 1. The van der Waals surface area contributed by atoms with Gasteiger partial charge in [-0.25, -0.2) is 4.68 Å². The summed E-state index contributed by atoms with van der Waals surface area (Å²) in [6.45, 7) is 4.20. The number of hydrogen-bond acceptors (Lipinski definition) is 3. The zero-order valence-corrected chi connectivity index (χ0v) is 12.5. The molecule has 2 N–H and O–H groups in total. The number of nitrogens with zero attached hydrogens (tertiary/aromatic N) is 2. The molecule has 0 saturated carbocycles. The van der Waals surface area contributed by atoms with Crippen LogP contribution in [-0.4, -0.2) is 26.8 Å². The van der Waals surface area contributed by atoms with Gasteiger partial charge < -0.3 is 10.4 Å². The summed E-state index contributed by atoms with van der Waals surface area (Å²) in [6.07, 6.45) is -0.190. The third kappa shape index (κ3) is 2.47. The summed E-state index contributed by atoms with van der Waals surface area (Å²) in [5, 5.41) is 16.2. The zero-order valence-electron chi connectivity index (χ0n) is 12.5. The molecular formula is C16H17N3O3. The maximum atomic E-state index is 12.1. The summed E-state index contributed by atoms with van der Waals surface area (Å²) in [5.74, 6) is -1.18. The van der Waals surface area contributed by atoms with E-state index in [1.54, 1.807) is 4.68 Å². The van der Waals surface area contributed by atoms with E-state index in [0.717, 1.165) is 22.4 Å². The minimum Gasteiger partial charge on any atom is -0.481 e. The lowest BCUT2D eigenvalue weighted by atomic mass is 10.0. The van der Waals surface area contributed by atoms with Gasteiger partial charge >= 0.3 is 5.97 Å². The second-order valence-electron chi connectivity index (χ2n) is 5.64. The molecule has 1 unspecified atom stereocenters. The highest BCUT2D eigenvalue weighted by Crippen LogP contribution is 2.34. The van der Waals surface area contributed by atoms with E-state index >= 15 is 0 Å². The zero-order chi connectivity index (χ0) is 15.9. The van der Waals surface area contributed by atoms with Crippen molar-refractivity contribution in [2.24, 2.45) is 5.92 Å². The Morgan fingerprint density at radius 2 is 2.05 bits per heavy atom. The van der Waals surface area contributed by atoms with Crippen molar-refractivity contribution in [3.63, 3.8) is 0 Å². The number of benzene rings is 1. The van der Waals surface area contributed by atoms with E-state index in [-0.39, 0.29) is 12.3 Å².